The van der Waals surface area contributed by atoms with Gasteiger partial charge in [0.2, 0.25) is 0 Å². The maximum atomic E-state index is 11.4. The number of carboxylic acids is 1. The zero-order valence-electron chi connectivity index (χ0n) is 9.64. The summed E-state index contributed by atoms with van der Waals surface area (Å²) < 4.78 is 0.902. The van der Waals surface area contributed by atoms with Crippen LogP contribution in [0, 0.1) is 0 Å². The van der Waals surface area contributed by atoms with Crippen LogP contribution >= 0.6 is 15.9 Å². The molecule has 4 nitrogen and oxygen atoms in total. The van der Waals surface area contributed by atoms with Gasteiger partial charge >= 0.3 is 5.97 Å². The molecule has 0 atom stereocenters. The molecule has 0 fully saturated rings. The Morgan fingerprint density at radius 3 is 2.78 bits per heavy atom. The van der Waals surface area contributed by atoms with E-state index in [-0.39, 0.29) is 5.56 Å². The molecule has 0 bridgehead atoms. The predicted octanol–water partition coefficient (Wildman–Crippen LogP) is 3.25. The number of nitrogens with one attached hydrogen (secondary N) is 1. The van der Waals surface area contributed by atoms with E-state index in [1.807, 2.05) is 24.3 Å². The van der Waals surface area contributed by atoms with Crippen LogP contribution < -0.4 is 5.32 Å². The van der Waals surface area contributed by atoms with Crippen molar-refractivity contribution in [2.24, 2.45) is 0 Å². The maximum Gasteiger partial charge on any atom is 0.340 e. The molecule has 0 saturated carbocycles. The number of anilines is 1. The molecule has 0 saturated heterocycles. The Hall–Kier alpha value is -1.88. The highest BCUT2D eigenvalue weighted by Crippen LogP contribution is 2.29. The quantitative estimate of drug-likeness (QED) is 0.913. The third kappa shape index (κ3) is 2.36. The van der Waals surface area contributed by atoms with Crippen LogP contribution in [0.2, 0.25) is 0 Å². The van der Waals surface area contributed by atoms with Crippen molar-refractivity contribution < 1.29 is 9.90 Å². The zero-order chi connectivity index (χ0) is 13.1. The molecule has 92 valence electrons. The van der Waals surface area contributed by atoms with Gasteiger partial charge in [0.1, 0.15) is 11.4 Å². The summed E-state index contributed by atoms with van der Waals surface area (Å²) in [5.41, 5.74) is 1.65. The Morgan fingerprint density at radius 1 is 1.39 bits per heavy atom. The first-order valence-corrected chi connectivity index (χ1v) is 6.08. The van der Waals surface area contributed by atoms with Gasteiger partial charge < -0.3 is 10.4 Å². The summed E-state index contributed by atoms with van der Waals surface area (Å²) in [5, 5.41) is 12.1. The van der Waals surface area contributed by atoms with Gasteiger partial charge in [-0.25, -0.2) is 9.78 Å². The fourth-order valence-corrected chi connectivity index (χ4v) is 2.16. The molecule has 1 heterocycles. The molecule has 0 aliphatic heterocycles. The number of aromatic carboxylic acids is 1. The van der Waals surface area contributed by atoms with Crippen LogP contribution in [0.15, 0.2) is 41.0 Å². The number of nitrogens with zero attached hydrogens (tertiary/aromatic N) is 1. The fourth-order valence-electron chi connectivity index (χ4n) is 1.76. The van der Waals surface area contributed by atoms with Crippen molar-refractivity contribution in [1.29, 1.82) is 0 Å². The number of carboxylic acid groups (broad SMARTS) is 1. The van der Waals surface area contributed by atoms with Crippen molar-refractivity contribution in [3.63, 3.8) is 0 Å². The minimum Gasteiger partial charge on any atom is -0.478 e. The maximum absolute atomic E-state index is 11.4. The summed E-state index contributed by atoms with van der Waals surface area (Å²) in [6.45, 7) is 0. The highest BCUT2D eigenvalue weighted by molar-refractivity contribution is 9.10. The Bertz CT molecular complexity index is 599. The second kappa shape index (κ2) is 5.18. The summed E-state index contributed by atoms with van der Waals surface area (Å²) in [6.07, 6.45) is 1.59. The summed E-state index contributed by atoms with van der Waals surface area (Å²) in [5.74, 6) is -0.637. The summed E-state index contributed by atoms with van der Waals surface area (Å²) >= 11 is 3.38. The molecule has 1 aromatic heterocycles. The number of halogens is 1. The van der Waals surface area contributed by atoms with Gasteiger partial charge in [0.25, 0.3) is 0 Å². The molecule has 5 heteroatoms. The largest absolute Gasteiger partial charge is 0.478 e. The second-order valence-corrected chi connectivity index (χ2v) is 4.56. The zero-order valence-corrected chi connectivity index (χ0v) is 11.2. The SMILES string of the molecule is CNc1nccc(-c2cccc(Br)c2)c1C(=O)O. The molecule has 0 aliphatic rings. The fraction of sp³-hybridized carbons (Fsp3) is 0.0769. The monoisotopic (exact) mass is 306 g/mol. The van der Waals surface area contributed by atoms with E-state index >= 15 is 0 Å². The van der Waals surface area contributed by atoms with Gasteiger partial charge in [0.05, 0.1) is 0 Å². The van der Waals surface area contributed by atoms with E-state index in [0.29, 0.717) is 11.4 Å². The van der Waals surface area contributed by atoms with Crippen molar-refractivity contribution in [2.45, 2.75) is 0 Å². The van der Waals surface area contributed by atoms with Crippen LogP contribution in [0.25, 0.3) is 11.1 Å². The Balaban J connectivity index is 2.67. The number of hydrogen-bond donors (Lipinski definition) is 2. The van der Waals surface area contributed by atoms with Crippen molar-refractivity contribution >= 4 is 27.7 Å². The highest BCUT2D eigenvalue weighted by Gasteiger charge is 2.17. The number of rotatable bonds is 3. The molecule has 2 rings (SSSR count). The molecule has 18 heavy (non-hydrogen) atoms. The normalized spacial score (nSPS) is 10.1. The lowest BCUT2D eigenvalue weighted by molar-refractivity contribution is 0.0698. The van der Waals surface area contributed by atoms with Crippen LogP contribution in [0.1, 0.15) is 10.4 Å². The van der Waals surface area contributed by atoms with Crippen molar-refractivity contribution in [3.8, 4) is 11.1 Å². The Kier molecular flexibility index (Phi) is 3.62. The highest BCUT2D eigenvalue weighted by atomic mass is 79.9. The predicted molar refractivity (Wildman–Crippen MR) is 73.9 cm³/mol. The molecular formula is C13H11BrN2O2. The van der Waals surface area contributed by atoms with Crippen molar-refractivity contribution in [1.82, 2.24) is 4.98 Å². The lowest BCUT2D eigenvalue weighted by Crippen LogP contribution is -2.06. The topological polar surface area (TPSA) is 62.2 Å². The number of pyridine rings is 1. The Morgan fingerprint density at radius 2 is 2.17 bits per heavy atom. The first-order chi connectivity index (χ1) is 8.63. The van der Waals surface area contributed by atoms with Gasteiger partial charge in [-0.2, -0.15) is 0 Å². The van der Waals surface area contributed by atoms with Gasteiger partial charge in [-0.05, 0) is 23.8 Å². The van der Waals surface area contributed by atoms with Crippen LogP contribution in [-0.4, -0.2) is 23.1 Å². The first-order valence-electron chi connectivity index (χ1n) is 5.29. The first kappa shape index (κ1) is 12.6. The van der Waals surface area contributed by atoms with E-state index in [9.17, 15) is 9.90 Å². The van der Waals surface area contributed by atoms with Crippen LogP contribution in [0.4, 0.5) is 5.82 Å². The summed E-state index contributed by atoms with van der Waals surface area (Å²) in [6, 6.07) is 9.20. The van der Waals surface area contributed by atoms with Gasteiger partial charge in [-0.15, -0.1) is 0 Å². The number of carbonyl (C=O) groups is 1. The van der Waals surface area contributed by atoms with E-state index in [0.717, 1.165) is 10.0 Å². The van der Waals surface area contributed by atoms with E-state index in [1.54, 1.807) is 19.3 Å². The summed E-state index contributed by atoms with van der Waals surface area (Å²) in [4.78, 5) is 15.4. The van der Waals surface area contributed by atoms with Crippen molar-refractivity contribution in [2.75, 3.05) is 12.4 Å². The van der Waals surface area contributed by atoms with Crippen molar-refractivity contribution in [3.05, 3.63) is 46.6 Å². The third-order valence-electron chi connectivity index (χ3n) is 2.54. The van der Waals surface area contributed by atoms with Gasteiger partial charge in [-0.3, -0.25) is 0 Å². The van der Waals surface area contributed by atoms with Gasteiger partial charge in [0, 0.05) is 23.3 Å². The molecule has 2 aromatic rings. The third-order valence-corrected chi connectivity index (χ3v) is 3.03. The Labute approximate surface area is 113 Å². The molecule has 0 amide bonds. The van der Waals surface area contributed by atoms with Gasteiger partial charge in [0.15, 0.2) is 0 Å². The second-order valence-electron chi connectivity index (χ2n) is 3.65. The van der Waals surface area contributed by atoms with Crippen LogP contribution in [-0.2, 0) is 0 Å². The minimum absolute atomic E-state index is 0.179. The summed E-state index contributed by atoms with van der Waals surface area (Å²) in [7, 11) is 1.65. The number of benzene rings is 1. The molecule has 1 aromatic carbocycles. The lowest BCUT2D eigenvalue weighted by Gasteiger charge is -2.10. The van der Waals surface area contributed by atoms with E-state index < -0.39 is 5.97 Å². The number of hydrogen-bond acceptors (Lipinski definition) is 3. The lowest BCUT2D eigenvalue weighted by atomic mass is 10.0. The van der Waals surface area contributed by atoms with Crippen LogP contribution in [0.3, 0.4) is 0 Å². The van der Waals surface area contributed by atoms with E-state index in [1.165, 1.54) is 0 Å². The number of aromatic nitrogens is 1. The smallest absolute Gasteiger partial charge is 0.340 e. The van der Waals surface area contributed by atoms with Crippen LogP contribution in [0.5, 0.6) is 0 Å². The molecule has 0 aliphatic carbocycles. The van der Waals surface area contributed by atoms with E-state index in [4.69, 9.17) is 0 Å². The molecule has 2 N–H and O–H groups in total. The molecular weight excluding hydrogens is 296 g/mol. The average molecular weight is 307 g/mol. The minimum atomic E-state index is -0.998. The average Bonchev–Trinajstić information content (AvgIpc) is 2.37. The molecule has 0 radical (unpaired) electrons. The molecule has 0 unspecified atom stereocenters. The van der Waals surface area contributed by atoms with E-state index in [2.05, 4.69) is 26.2 Å². The standard InChI is InChI=1S/C13H11BrN2O2/c1-15-12-11(13(17)18)10(5-6-16-12)8-3-2-4-9(14)7-8/h2-7H,1H3,(H,15,16)(H,17,18). The molecule has 0 spiro atoms. The van der Waals surface area contributed by atoms with Gasteiger partial charge in [-0.1, -0.05) is 28.1 Å².